The van der Waals surface area contributed by atoms with Crippen molar-refractivity contribution in [2.75, 3.05) is 0 Å². The van der Waals surface area contributed by atoms with Crippen LogP contribution in [0.5, 0.6) is 0 Å². The third-order valence-electron chi connectivity index (χ3n) is 5.33. The number of halogens is 2. The van der Waals surface area contributed by atoms with E-state index in [9.17, 15) is 4.79 Å². The van der Waals surface area contributed by atoms with Gasteiger partial charge in [-0.2, -0.15) is 0 Å². The number of benzene rings is 1. The molecule has 1 aromatic carbocycles. The van der Waals surface area contributed by atoms with Gasteiger partial charge in [0, 0.05) is 24.0 Å². The Labute approximate surface area is 140 Å². The first kappa shape index (κ1) is 14.8. The maximum atomic E-state index is 12.5. The molecule has 4 unspecified atom stereocenters. The van der Waals surface area contributed by atoms with Crippen molar-refractivity contribution in [3.63, 3.8) is 0 Å². The SMILES string of the molecule is O=C(NC1CC2CCC(C1)N2)C1CC1c1cccc(Cl)c1Cl. The van der Waals surface area contributed by atoms with Crippen LogP contribution < -0.4 is 10.6 Å². The van der Waals surface area contributed by atoms with Crippen molar-refractivity contribution >= 4 is 29.1 Å². The second-order valence-electron chi connectivity index (χ2n) is 6.91. The largest absolute Gasteiger partial charge is 0.353 e. The molecule has 3 aliphatic rings. The second kappa shape index (κ2) is 5.70. The number of nitrogens with one attached hydrogen (secondary N) is 2. The first-order valence-electron chi connectivity index (χ1n) is 8.12. The molecule has 3 fully saturated rings. The van der Waals surface area contributed by atoms with Crippen LogP contribution in [0.15, 0.2) is 18.2 Å². The molecular formula is C17H20Cl2N2O. The second-order valence-corrected chi connectivity index (χ2v) is 7.69. The summed E-state index contributed by atoms with van der Waals surface area (Å²) in [6.45, 7) is 0. The van der Waals surface area contributed by atoms with Crippen LogP contribution in [0.4, 0.5) is 0 Å². The highest BCUT2D eigenvalue weighted by molar-refractivity contribution is 6.42. The van der Waals surface area contributed by atoms with Gasteiger partial charge in [-0.15, -0.1) is 0 Å². The van der Waals surface area contributed by atoms with E-state index in [1.807, 2.05) is 12.1 Å². The van der Waals surface area contributed by atoms with E-state index < -0.39 is 0 Å². The zero-order chi connectivity index (χ0) is 15.3. The van der Waals surface area contributed by atoms with Crippen LogP contribution >= 0.6 is 23.2 Å². The average Bonchev–Trinajstić information content (AvgIpc) is 3.21. The summed E-state index contributed by atoms with van der Waals surface area (Å²) in [7, 11) is 0. The predicted octanol–water partition coefficient (Wildman–Crippen LogP) is 3.50. The number of piperidine rings is 1. The number of hydrogen-bond donors (Lipinski definition) is 2. The van der Waals surface area contributed by atoms with Gasteiger partial charge in [-0.1, -0.05) is 35.3 Å². The van der Waals surface area contributed by atoms with Gasteiger partial charge < -0.3 is 10.6 Å². The summed E-state index contributed by atoms with van der Waals surface area (Å²) in [5, 5.41) is 8.03. The molecule has 2 N–H and O–H groups in total. The van der Waals surface area contributed by atoms with E-state index in [2.05, 4.69) is 10.6 Å². The third kappa shape index (κ3) is 2.75. The summed E-state index contributed by atoms with van der Waals surface area (Å²) >= 11 is 12.3. The first-order valence-corrected chi connectivity index (χ1v) is 8.87. The highest BCUT2D eigenvalue weighted by atomic mass is 35.5. The molecule has 2 bridgehead atoms. The highest BCUT2D eigenvalue weighted by Crippen LogP contribution is 2.50. The molecule has 1 amide bonds. The van der Waals surface area contributed by atoms with E-state index in [0.717, 1.165) is 24.8 Å². The summed E-state index contributed by atoms with van der Waals surface area (Å²) in [4.78, 5) is 12.5. The Morgan fingerprint density at radius 3 is 2.59 bits per heavy atom. The lowest BCUT2D eigenvalue weighted by molar-refractivity contribution is -0.123. The Morgan fingerprint density at radius 1 is 1.14 bits per heavy atom. The van der Waals surface area contributed by atoms with Crippen molar-refractivity contribution in [2.45, 2.75) is 56.1 Å². The average molecular weight is 339 g/mol. The fourth-order valence-electron chi connectivity index (χ4n) is 4.12. The molecule has 118 valence electrons. The smallest absolute Gasteiger partial charge is 0.223 e. The molecule has 1 aliphatic carbocycles. The topological polar surface area (TPSA) is 41.1 Å². The van der Waals surface area contributed by atoms with Crippen LogP contribution in [0.3, 0.4) is 0 Å². The predicted molar refractivity (Wildman–Crippen MR) is 88.4 cm³/mol. The molecule has 2 heterocycles. The minimum Gasteiger partial charge on any atom is -0.353 e. The maximum absolute atomic E-state index is 12.5. The molecule has 4 atom stereocenters. The molecule has 0 aromatic heterocycles. The van der Waals surface area contributed by atoms with Crippen LogP contribution in [0.2, 0.25) is 10.0 Å². The normalized spacial score (nSPS) is 36.2. The molecule has 2 saturated heterocycles. The summed E-state index contributed by atoms with van der Waals surface area (Å²) in [6, 6.07) is 7.21. The van der Waals surface area contributed by atoms with Crippen LogP contribution in [0, 0.1) is 5.92 Å². The fourth-order valence-corrected chi connectivity index (χ4v) is 4.57. The summed E-state index contributed by atoms with van der Waals surface area (Å²) in [5.74, 6) is 0.473. The molecule has 1 saturated carbocycles. The zero-order valence-corrected chi connectivity index (χ0v) is 13.8. The van der Waals surface area contributed by atoms with Gasteiger partial charge in [0.15, 0.2) is 0 Å². The molecule has 22 heavy (non-hydrogen) atoms. The minimum absolute atomic E-state index is 0.0588. The number of amides is 1. The fraction of sp³-hybridized carbons (Fsp3) is 0.588. The Kier molecular flexibility index (Phi) is 3.83. The van der Waals surface area contributed by atoms with E-state index in [1.54, 1.807) is 6.07 Å². The zero-order valence-electron chi connectivity index (χ0n) is 12.3. The molecule has 0 spiro atoms. The molecule has 5 heteroatoms. The first-order chi connectivity index (χ1) is 10.6. The number of fused-ring (bicyclic) bond motifs is 2. The van der Waals surface area contributed by atoms with Gasteiger partial charge in [0.25, 0.3) is 0 Å². The van der Waals surface area contributed by atoms with Crippen molar-refractivity contribution in [3.05, 3.63) is 33.8 Å². The molecule has 1 aromatic rings. The van der Waals surface area contributed by atoms with Gasteiger partial charge in [0.05, 0.1) is 10.0 Å². The molecule has 3 nitrogen and oxygen atoms in total. The van der Waals surface area contributed by atoms with Gasteiger partial charge >= 0.3 is 0 Å². The van der Waals surface area contributed by atoms with Gasteiger partial charge in [0.2, 0.25) is 5.91 Å². The Balaban J connectivity index is 1.38. The van der Waals surface area contributed by atoms with Crippen molar-refractivity contribution in [3.8, 4) is 0 Å². The summed E-state index contributed by atoms with van der Waals surface area (Å²) in [5.41, 5.74) is 1.01. The van der Waals surface area contributed by atoms with Gasteiger partial charge in [0.1, 0.15) is 0 Å². The lowest BCUT2D eigenvalue weighted by Gasteiger charge is -2.29. The van der Waals surface area contributed by atoms with Crippen LogP contribution in [-0.4, -0.2) is 24.0 Å². The molecular weight excluding hydrogens is 319 g/mol. The van der Waals surface area contributed by atoms with E-state index in [0.29, 0.717) is 28.2 Å². The van der Waals surface area contributed by atoms with Crippen LogP contribution in [0.1, 0.15) is 43.6 Å². The summed E-state index contributed by atoms with van der Waals surface area (Å²) in [6.07, 6.45) is 5.52. The van der Waals surface area contributed by atoms with Gasteiger partial charge in [-0.05, 0) is 49.7 Å². The van der Waals surface area contributed by atoms with Gasteiger partial charge in [-0.3, -0.25) is 4.79 Å². The van der Waals surface area contributed by atoms with Gasteiger partial charge in [-0.25, -0.2) is 0 Å². The Hall–Kier alpha value is -0.770. The molecule has 0 radical (unpaired) electrons. The molecule has 2 aliphatic heterocycles. The van der Waals surface area contributed by atoms with Crippen molar-refractivity contribution in [1.82, 2.24) is 10.6 Å². The number of hydrogen-bond acceptors (Lipinski definition) is 2. The third-order valence-corrected chi connectivity index (χ3v) is 6.16. The number of rotatable bonds is 3. The van der Waals surface area contributed by atoms with Crippen molar-refractivity contribution < 1.29 is 4.79 Å². The van der Waals surface area contributed by atoms with Crippen LogP contribution in [0.25, 0.3) is 0 Å². The maximum Gasteiger partial charge on any atom is 0.223 e. The monoisotopic (exact) mass is 338 g/mol. The lowest BCUT2D eigenvalue weighted by atomic mass is 9.99. The van der Waals surface area contributed by atoms with E-state index >= 15 is 0 Å². The lowest BCUT2D eigenvalue weighted by Crippen LogP contribution is -2.48. The minimum atomic E-state index is 0.0588. The standard InChI is InChI=1S/C17H20Cl2N2O/c18-15-3-1-2-12(16(15)19)13-8-14(13)17(22)21-11-6-9-4-5-10(7-11)20-9/h1-3,9-11,13-14,20H,4-8H2,(H,21,22). The number of carbonyl (C=O) groups is 1. The summed E-state index contributed by atoms with van der Waals surface area (Å²) < 4.78 is 0. The number of carbonyl (C=O) groups excluding carboxylic acids is 1. The Morgan fingerprint density at radius 2 is 1.86 bits per heavy atom. The quantitative estimate of drug-likeness (QED) is 0.885. The van der Waals surface area contributed by atoms with E-state index in [4.69, 9.17) is 23.2 Å². The highest BCUT2D eigenvalue weighted by Gasteiger charge is 2.46. The van der Waals surface area contributed by atoms with Crippen LogP contribution in [-0.2, 0) is 4.79 Å². The molecule has 4 rings (SSSR count). The van der Waals surface area contributed by atoms with E-state index in [-0.39, 0.29) is 17.7 Å². The van der Waals surface area contributed by atoms with Crippen molar-refractivity contribution in [2.24, 2.45) is 5.92 Å². The Bertz CT molecular complexity index is 594. The van der Waals surface area contributed by atoms with Crippen molar-refractivity contribution in [1.29, 1.82) is 0 Å². The van der Waals surface area contributed by atoms with E-state index in [1.165, 1.54) is 12.8 Å².